The average molecular weight is 301 g/mol. The van der Waals surface area contributed by atoms with Crippen LogP contribution >= 0.6 is 0 Å². The molecular weight excluding hydrogens is 282 g/mol. The molecule has 2 aromatic carbocycles. The predicted molar refractivity (Wildman–Crippen MR) is 85.4 cm³/mol. The van der Waals surface area contributed by atoms with Crippen LogP contribution in [0.15, 0.2) is 42.5 Å². The maximum atomic E-state index is 12.1. The number of methoxy groups -OCH3 is 3. The molecule has 116 valence electrons. The Morgan fingerprint density at radius 1 is 0.864 bits per heavy atom. The zero-order chi connectivity index (χ0) is 16.1. The number of ether oxygens (including phenoxy) is 3. The largest absolute Gasteiger partial charge is 0.493 e. The van der Waals surface area contributed by atoms with Gasteiger partial charge in [-0.25, -0.2) is 0 Å². The third kappa shape index (κ3) is 2.98. The van der Waals surface area contributed by atoms with Gasteiger partial charge in [0.05, 0.1) is 27.0 Å². The van der Waals surface area contributed by atoms with Crippen LogP contribution in [-0.4, -0.2) is 27.2 Å². The Labute approximate surface area is 130 Å². The SMILES string of the molecule is COc1cc(N(C(C)=O)c2ccccc2)cc(OC)c1OC. The number of carbonyl (C=O) groups excluding carboxylic acids is 1. The minimum Gasteiger partial charge on any atom is -0.493 e. The van der Waals surface area contributed by atoms with Gasteiger partial charge in [-0.05, 0) is 12.1 Å². The summed E-state index contributed by atoms with van der Waals surface area (Å²) in [5.74, 6) is 1.38. The quantitative estimate of drug-likeness (QED) is 0.849. The normalized spacial score (nSPS) is 10.0. The topological polar surface area (TPSA) is 48.0 Å². The predicted octanol–water partition coefficient (Wildman–Crippen LogP) is 3.40. The van der Waals surface area contributed by atoms with Gasteiger partial charge < -0.3 is 14.2 Å². The van der Waals surface area contributed by atoms with Crippen molar-refractivity contribution in [3.63, 3.8) is 0 Å². The lowest BCUT2D eigenvalue weighted by Crippen LogP contribution is -2.22. The molecule has 0 bridgehead atoms. The number of anilines is 2. The second kappa shape index (κ2) is 6.85. The summed E-state index contributed by atoms with van der Waals surface area (Å²) in [6.45, 7) is 1.51. The summed E-state index contributed by atoms with van der Waals surface area (Å²) in [7, 11) is 4.63. The number of hydrogen-bond donors (Lipinski definition) is 0. The van der Waals surface area contributed by atoms with Gasteiger partial charge in [0, 0.05) is 24.7 Å². The van der Waals surface area contributed by atoms with Gasteiger partial charge in [-0.2, -0.15) is 0 Å². The summed E-state index contributed by atoms with van der Waals surface area (Å²) >= 11 is 0. The number of carbonyl (C=O) groups is 1. The van der Waals surface area contributed by atoms with Crippen molar-refractivity contribution in [3.8, 4) is 17.2 Å². The molecular formula is C17H19NO4. The lowest BCUT2D eigenvalue weighted by atomic mass is 10.2. The van der Waals surface area contributed by atoms with E-state index in [9.17, 15) is 4.79 Å². The molecule has 0 aliphatic rings. The van der Waals surface area contributed by atoms with Crippen molar-refractivity contribution in [3.05, 3.63) is 42.5 Å². The lowest BCUT2D eigenvalue weighted by molar-refractivity contribution is -0.115. The van der Waals surface area contributed by atoms with Gasteiger partial charge in [-0.15, -0.1) is 0 Å². The molecule has 2 aromatic rings. The maximum absolute atomic E-state index is 12.1. The Hall–Kier alpha value is -2.69. The van der Waals surface area contributed by atoms with Crippen LogP contribution in [0.2, 0.25) is 0 Å². The zero-order valence-electron chi connectivity index (χ0n) is 13.1. The molecule has 0 N–H and O–H groups in total. The molecule has 0 radical (unpaired) electrons. The van der Waals surface area contributed by atoms with E-state index >= 15 is 0 Å². The number of hydrogen-bond acceptors (Lipinski definition) is 4. The minimum atomic E-state index is -0.111. The third-order valence-electron chi connectivity index (χ3n) is 3.24. The van der Waals surface area contributed by atoms with E-state index in [4.69, 9.17) is 14.2 Å². The molecule has 0 fully saturated rings. The highest BCUT2D eigenvalue weighted by atomic mass is 16.5. The van der Waals surface area contributed by atoms with Crippen LogP contribution in [0.4, 0.5) is 11.4 Å². The van der Waals surface area contributed by atoms with Crippen LogP contribution in [-0.2, 0) is 4.79 Å². The Balaban J connectivity index is 2.60. The van der Waals surface area contributed by atoms with Crippen molar-refractivity contribution in [2.24, 2.45) is 0 Å². The molecule has 0 heterocycles. The first-order valence-electron chi connectivity index (χ1n) is 6.78. The molecule has 0 spiro atoms. The number of rotatable bonds is 5. The van der Waals surface area contributed by atoms with Crippen LogP contribution in [0.3, 0.4) is 0 Å². The summed E-state index contributed by atoms with van der Waals surface area (Å²) in [6, 6.07) is 12.9. The molecule has 0 saturated carbocycles. The fraction of sp³-hybridized carbons (Fsp3) is 0.235. The molecule has 0 aromatic heterocycles. The molecule has 0 unspecified atom stereocenters. The van der Waals surface area contributed by atoms with E-state index in [1.165, 1.54) is 6.92 Å². The summed E-state index contributed by atoms with van der Waals surface area (Å²) in [4.78, 5) is 13.7. The highest BCUT2D eigenvalue weighted by Gasteiger charge is 2.20. The third-order valence-corrected chi connectivity index (χ3v) is 3.24. The van der Waals surface area contributed by atoms with E-state index in [2.05, 4.69) is 0 Å². The molecule has 5 nitrogen and oxygen atoms in total. The molecule has 0 saturated heterocycles. The number of amides is 1. The zero-order valence-corrected chi connectivity index (χ0v) is 13.1. The minimum absolute atomic E-state index is 0.111. The van der Waals surface area contributed by atoms with E-state index < -0.39 is 0 Å². The first-order chi connectivity index (χ1) is 10.6. The average Bonchev–Trinajstić information content (AvgIpc) is 2.54. The van der Waals surface area contributed by atoms with Crippen LogP contribution < -0.4 is 19.1 Å². The number of para-hydroxylation sites is 1. The summed E-state index contributed by atoms with van der Waals surface area (Å²) in [5, 5.41) is 0. The summed E-state index contributed by atoms with van der Waals surface area (Å²) in [5.41, 5.74) is 1.41. The Morgan fingerprint density at radius 2 is 1.41 bits per heavy atom. The van der Waals surface area contributed by atoms with E-state index in [-0.39, 0.29) is 5.91 Å². The van der Waals surface area contributed by atoms with E-state index in [0.29, 0.717) is 22.9 Å². The van der Waals surface area contributed by atoms with E-state index in [0.717, 1.165) is 5.69 Å². The summed E-state index contributed by atoms with van der Waals surface area (Å²) < 4.78 is 16.0. The Bertz CT molecular complexity index is 630. The van der Waals surface area contributed by atoms with Crippen molar-refractivity contribution in [1.29, 1.82) is 0 Å². The molecule has 0 atom stereocenters. The van der Waals surface area contributed by atoms with E-state index in [1.807, 2.05) is 30.3 Å². The van der Waals surface area contributed by atoms with Gasteiger partial charge in [0.15, 0.2) is 11.5 Å². The Kier molecular flexibility index (Phi) is 4.88. The van der Waals surface area contributed by atoms with Gasteiger partial charge >= 0.3 is 0 Å². The lowest BCUT2D eigenvalue weighted by Gasteiger charge is -2.23. The van der Waals surface area contributed by atoms with Gasteiger partial charge in [-0.1, -0.05) is 18.2 Å². The van der Waals surface area contributed by atoms with Crippen LogP contribution in [0.1, 0.15) is 6.92 Å². The van der Waals surface area contributed by atoms with Crippen LogP contribution in [0.25, 0.3) is 0 Å². The van der Waals surface area contributed by atoms with Crippen LogP contribution in [0, 0.1) is 0 Å². The van der Waals surface area contributed by atoms with Gasteiger partial charge in [0.1, 0.15) is 0 Å². The van der Waals surface area contributed by atoms with Crippen molar-refractivity contribution in [1.82, 2.24) is 0 Å². The molecule has 1 amide bonds. The second-order valence-corrected chi connectivity index (χ2v) is 4.57. The smallest absolute Gasteiger partial charge is 0.228 e. The molecule has 5 heteroatoms. The fourth-order valence-electron chi connectivity index (χ4n) is 2.29. The maximum Gasteiger partial charge on any atom is 0.228 e. The van der Waals surface area contributed by atoms with Gasteiger partial charge in [0.2, 0.25) is 11.7 Å². The number of benzene rings is 2. The highest BCUT2D eigenvalue weighted by molar-refractivity contribution is 5.99. The standard InChI is InChI=1S/C17H19NO4/c1-12(19)18(13-8-6-5-7-9-13)14-10-15(20-2)17(22-4)16(11-14)21-3/h5-11H,1-4H3. The van der Waals surface area contributed by atoms with Gasteiger partial charge in [0.25, 0.3) is 0 Å². The monoisotopic (exact) mass is 301 g/mol. The molecule has 22 heavy (non-hydrogen) atoms. The van der Waals surface area contributed by atoms with E-state index in [1.54, 1.807) is 38.4 Å². The summed E-state index contributed by atoms with van der Waals surface area (Å²) in [6.07, 6.45) is 0. The highest BCUT2D eigenvalue weighted by Crippen LogP contribution is 2.42. The fourth-order valence-corrected chi connectivity index (χ4v) is 2.29. The van der Waals surface area contributed by atoms with Gasteiger partial charge in [-0.3, -0.25) is 9.69 Å². The van der Waals surface area contributed by atoms with Crippen LogP contribution in [0.5, 0.6) is 17.2 Å². The van der Waals surface area contributed by atoms with Crippen molar-refractivity contribution in [2.75, 3.05) is 26.2 Å². The van der Waals surface area contributed by atoms with Crippen molar-refractivity contribution >= 4 is 17.3 Å². The first-order valence-corrected chi connectivity index (χ1v) is 6.78. The van der Waals surface area contributed by atoms with Crippen molar-refractivity contribution in [2.45, 2.75) is 6.92 Å². The molecule has 0 aliphatic heterocycles. The first kappa shape index (κ1) is 15.7. The Morgan fingerprint density at radius 3 is 1.82 bits per heavy atom. The number of nitrogens with zero attached hydrogens (tertiary/aromatic N) is 1. The van der Waals surface area contributed by atoms with Crippen molar-refractivity contribution < 1.29 is 19.0 Å². The molecule has 2 rings (SSSR count). The second-order valence-electron chi connectivity index (χ2n) is 4.57. The molecule has 0 aliphatic carbocycles.